The normalized spacial score (nSPS) is 13.7. The fourth-order valence-electron chi connectivity index (χ4n) is 2.40. The summed E-state index contributed by atoms with van der Waals surface area (Å²) in [4.78, 5) is 19.9. The van der Waals surface area contributed by atoms with Crippen molar-refractivity contribution in [1.82, 2.24) is 15.1 Å². The van der Waals surface area contributed by atoms with E-state index in [1.165, 1.54) is 18.4 Å². The number of rotatable bonds is 10. The van der Waals surface area contributed by atoms with E-state index in [1.54, 1.807) is 19.0 Å². The van der Waals surface area contributed by atoms with Crippen molar-refractivity contribution in [3.63, 3.8) is 0 Å². The highest BCUT2D eigenvalue weighted by Gasteiger charge is 2.21. The summed E-state index contributed by atoms with van der Waals surface area (Å²) in [6.07, 6.45) is 3.51. The highest BCUT2D eigenvalue weighted by atomic mass is 127. The van der Waals surface area contributed by atoms with Crippen molar-refractivity contribution in [1.29, 1.82) is 0 Å². The van der Waals surface area contributed by atoms with Crippen molar-refractivity contribution in [3.05, 3.63) is 35.9 Å². The van der Waals surface area contributed by atoms with Crippen molar-refractivity contribution in [3.8, 4) is 0 Å². The van der Waals surface area contributed by atoms with Gasteiger partial charge in [0, 0.05) is 40.8 Å². The number of carbonyl (C=O) groups excluding carboxylic acids is 1. The van der Waals surface area contributed by atoms with E-state index in [0.717, 1.165) is 38.0 Å². The SMILES string of the molecule is CN(C)C(=O)CN=C(NCCc1ccccc1)N(C)CCOCC1CC1.I. The third kappa shape index (κ3) is 9.95. The minimum atomic E-state index is -0.00857. The molecule has 2 rings (SSSR count). The van der Waals surface area contributed by atoms with Crippen LogP contribution in [0.4, 0.5) is 0 Å². The highest BCUT2D eigenvalue weighted by molar-refractivity contribution is 14.0. The van der Waals surface area contributed by atoms with E-state index in [0.29, 0.717) is 6.61 Å². The predicted octanol–water partition coefficient (Wildman–Crippen LogP) is 2.24. The summed E-state index contributed by atoms with van der Waals surface area (Å²) in [6, 6.07) is 10.3. The first kappa shape index (κ1) is 23.7. The molecule has 1 aromatic carbocycles. The molecule has 7 heteroatoms. The molecule has 1 aliphatic carbocycles. The first-order valence-electron chi connectivity index (χ1n) is 9.37. The van der Waals surface area contributed by atoms with Crippen molar-refractivity contribution in [2.75, 3.05) is 54.0 Å². The largest absolute Gasteiger partial charge is 0.379 e. The van der Waals surface area contributed by atoms with Gasteiger partial charge in [-0.25, -0.2) is 4.99 Å². The second-order valence-electron chi connectivity index (χ2n) is 7.03. The van der Waals surface area contributed by atoms with Crippen molar-refractivity contribution in [2.24, 2.45) is 10.9 Å². The Morgan fingerprint density at radius 1 is 1.22 bits per heavy atom. The summed E-state index contributed by atoms with van der Waals surface area (Å²) in [7, 11) is 5.47. The number of hydrogen-bond donors (Lipinski definition) is 1. The predicted molar refractivity (Wildman–Crippen MR) is 121 cm³/mol. The number of carbonyl (C=O) groups is 1. The van der Waals surface area contributed by atoms with Gasteiger partial charge in [0.1, 0.15) is 6.54 Å². The maximum atomic E-state index is 11.9. The number of ether oxygens (including phenoxy) is 1. The Kier molecular flexibility index (Phi) is 11.3. The molecule has 1 aromatic rings. The number of hydrogen-bond acceptors (Lipinski definition) is 3. The minimum Gasteiger partial charge on any atom is -0.379 e. The maximum absolute atomic E-state index is 11.9. The van der Waals surface area contributed by atoms with Crippen LogP contribution in [-0.4, -0.2) is 75.7 Å². The Labute approximate surface area is 180 Å². The van der Waals surface area contributed by atoms with E-state index < -0.39 is 0 Å². The van der Waals surface area contributed by atoms with Gasteiger partial charge < -0.3 is 19.9 Å². The zero-order chi connectivity index (χ0) is 18.8. The molecule has 0 bridgehead atoms. The zero-order valence-electron chi connectivity index (χ0n) is 16.7. The topological polar surface area (TPSA) is 57.2 Å². The molecule has 0 aliphatic heterocycles. The second-order valence-corrected chi connectivity index (χ2v) is 7.03. The number of nitrogens with zero attached hydrogens (tertiary/aromatic N) is 3. The smallest absolute Gasteiger partial charge is 0.243 e. The zero-order valence-corrected chi connectivity index (χ0v) is 19.0. The van der Waals surface area contributed by atoms with Crippen LogP contribution in [0.2, 0.25) is 0 Å². The molecule has 0 unspecified atom stereocenters. The Bertz CT molecular complexity index is 577. The summed E-state index contributed by atoms with van der Waals surface area (Å²) in [5, 5.41) is 3.37. The molecule has 1 N–H and O–H groups in total. The lowest BCUT2D eigenvalue weighted by Crippen LogP contribution is -2.42. The molecule has 0 atom stereocenters. The Morgan fingerprint density at radius 2 is 1.93 bits per heavy atom. The molecule has 1 aliphatic rings. The van der Waals surface area contributed by atoms with Gasteiger partial charge in [-0.1, -0.05) is 30.3 Å². The Balaban J connectivity index is 0.00000364. The lowest BCUT2D eigenvalue weighted by molar-refractivity contribution is -0.127. The molecule has 0 radical (unpaired) electrons. The fourth-order valence-corrected chi connectivity index (χ4v) is 2.40. The first-order chi connectivity index (χ1) is 12.6. The van der Waals surface area contributed by atoms with E-state index in [9.17, 15) is 4.79 Å². The molecule has 1 saturated carbocycles. The van der Waals surface area contributed by atoms with Crippen LogP contribution in [0.3, 0.4) is 0 Å². The number of aliphatic imine (C=N–C) groups is 1. The molecule has 27 heavy (non-hydrogen) atoms. The lowest BCUT2D eigenvalue weighted by Gasteiger charge is -2.23. The molecular weight excluding hydrogens is 455 g/mol. The van der Waals surface area contributed by atoms with Gasteiger partial charge in [-0.2, -0.15) is 0 Å². The van der Waals surface area contributed by atoms with Gasteiger partial charge in [-0.05, 0) is 30.7 Å². The summed E-state index contributed by atoms with van der Waals surface area (Å²) in [6.45, 7) is 3.20. The standard InChI is InChI=1S/C20H32N4O2.HI/c1-23(2)19(25)15-22-20(21-12-11-17-7-5-4-6-8-17)24(3)13-14-26-16-18-9-10-18;/h4-8,18H,9-16H2,1-3H3,(H,21,22);1H. The van der Waals surface area contributed by atoms with Gasteiger partial charge in [-0.3, -0.25) is 4.79 Å². The molecule has 0 saturated heterocycles. The molecule has 0 heterocycles. The number of nitrogens with one attached hydrogen (secondary N) is 1. The third-order valence-electron chi connectivity index (χ3n) is 4.39. The quantitative estimate of drug-likeness (QED) is 0.238. The van der Waals surface area contributed by atoms with E-state index in [-0.39, 0.29) is 36.4 Å². The summed E-state index contributed by atoms with van der Waals surface area (Å²) < 4.78 is 5.72. The summed E-state index contributed by atoms with van der Waals surface area (Å²) >= 11 is 0. The van der Waals surface area contributed by atoms with Crippen LogP contribution in [0.15, 0.2) is 35.3 Å². The van der Waals surface area contributed by atoms with Crippen LogP contribution in [-0.2, 0) is 16.0 Å². The number of likely N-dealkylation sites (N-methyl/N-ethyl adjacent to an activating group) is 2. The van der Waals surface area contributed by atoms with E-state index in [2.05, 4.69) is 22.4 Å². The van der Waals surface area contributed by atoms with Crippen molar-refractivity contribution >= 4 is 35.8 Å². The molecule has 0 aromatic heterocycles. The number of benzene rings is 1. The van der Waals surface area contributed by atoms with E-state index in [1.807, 2.05) is 30.1 Å². The average Bonchev–Trinajstić information content (AvgIpc) is 3.46. The lowest BCUT2D eigenvalue weighted by atomic mass is 10.1. The number of amides is 1. The Hall–Kier alpha value is -1.35. The van der Waals surface area contributed by atoms with Crippen LogP contribution in [0, 0.1) is 5.92 Å². The minimum absolute atomic E-state index is 0. The highest BCUT2D eigenvalue weighted by Crippen LogP contribution is 2.28. The monoisotopic (exact) mass is 488 g/mol. The number of guanidine groups is 1. The van der Waals surface area contributed by atoms with Gasteiger partial charge in [0.05, 0.1) is 6.61 Å². The second kappa shape index (κ2) is 12.9. The van der Waals surface area contributed by atoms with Crippen LogP contribution in [0.5, 0.6) is 0 Å². The van der Waals surface area contributed by atoms with E-state index in [4.69, 9.17) is 4.74 Å². The number of halogens is 1. The average molecular weight is 488 g/mol. The molecule has 6 nitrogen and oxygen atoms in total. The first-order valence-corrected chi connectivity index (χ1v) is 9.37. The van der Waals surface area contributed by atoms with Crippen LogP contribution < -0.4 is 5.32 Å². The fraction of sp³-hybridized carbons (Fsp3) is 0.600. The molecule has 1 fully saturated rings. The van der Waals surface area contributed by atoms with Gasteiger partial charge in [0.25, 0.3) is 0 Å². The van der Waals surface area contributed by atoms with E-state index >= 15 is 0 Å². The van der Waals surface area contributed by atoms with Crippen LogP contribution in [0.1, 0.15) is 18.4 Å². The molecular formula is C20H33IN4O2. The van der Waals surface area contributed by atoms with Gasteiger partial charge in [0.15, 0.2) is 5.96 Å². The van der Waals surface area contributed by atoms with Crippen molar-refractivity contribution < 1.29 is 9.53 Å². The molecule has 0 spiro atoms. The summed E-state index contributed by atoms with van der Waals surface area (Å²) in [5.41, 5.74) is 1.28. The summed E-state index contributed by atoms with van der Waals surface area (Å²) in [5.74, 6) is 1.51. The third-order valence-corrected chi connectivity index (χ3v) is 4.39. The van der Waals surface area contributed by atoms with Crippen LogP contribution in [0.25, 0.3) is 0 Å². The van der Waals surface area contributed by atoms with Gasteiger partial charge in [-0.15, -0.1) is 24.0 Å². The molecule has 152 valence electrons. The maximum Gasteiger partial charge on any atom is 0.243 e. The Morgan fingerprint density at radius 3 is 2.56 bits per heavy atom. The molecule has 1 amide bonds. The van der Waals surface area contributed by atoms with Gasteiger partial charge in [0.2, 0.25) is 5.91 Å². The van der Waals surface area contributed by atoms with Crippen molar-refractivity contribution in [2.45, 2.75) is 19.3 Å². The van der Waals surface area contributed by atoms with Gasteiger partial charge >= 0.3 is 0 Å². The van der Waals surface area contributed by atoms with Crippen LogP contribution >= 0.6 is 24.0 Å².